The number of ether oxygens (including phenoxy) is 2. The molecular formula is C14H28N2O3. The standard InChI is InChI=1S/C14H28N2O3/c1-10(2)9-18-12-8-16(7-6-11(12)15)13(17)19-14(3,4)5/h10-12H,6-9,15H2,1-5H3/t11-,12+/m1/s1. The minimum atomic E-state index is -0.467. The highest BCUT2D eigenvalue weighted by atomic mass is 16.6. The van der Waals surface area contributed by atoms with Crippen molar-refractivity contribution in [3.63, 3.8) is 0 Å². The van der Waals surface area contributed by atoms with Crippen LogP contribution in [0.25, 0.3) is 0 Å². The molecule has 1 aliphatic rings. The van der Waals surface area contributed by atoms with E-state index in [9.17, 15) is 4.79 Å². The van der Waals surface area contributed by atoms with Crippen LogP contribution in [0.15, 0.2) is 0 Å². The zero-order chi connectivity index (χ0) is 14.6. The van der Waals surface area contributed by atoms with Crippen molar-refractivity contribution in [2.45, 2.75) is 58.8 Å². The summed E-state index contributed by atoms with van der Waals surface area (Å²) >= 11 is 0. The predicted octanol–water partition coefficient (Wildman–Crippen LogP) is 2.00. The van der Waals surface area contributed by atoms with Crippen molar-refractivity contribution in [1.29, 1.82) is 0 Å². The van der Waals surface area contributed by atoms with E-state index in [1.165, 1.54) is 0 Å². The Balaban J connectivity index is 2.51. The molecule has 5 nitrogen and oxygen atoms in total. The van der Waals surface area contributed by atoms with Gasteiger partial charge in [0.25, 0.3) is 0 Å². The molecule has 1 amide bonds. The zero-order valence-electron chi connectivity index (χ0n) is 12.8. The van der Waals surface area contributed by atoms with E-state index in [1.54, 1.807) is 4.90 Å². The van der Waals surface area contributed by atoms with Crippen LogP contribution in [0.5, 0.6) is 0 Å². The minimum Gasteiger partial charge on any atom is -0.444 e. The quantitative estimate of drug-likeness (QED) is 0.853. The van der Waals surface area contributed by atoms with Gasteiger partial charge >= 0.3 is 6.09 Å². The molecule has 0 aromatic heterocycles. The van der Waals surface area contributed by atoms with Gasteiger partial charge in [-0.1, -0.05) is 13.8 Å². The first-order chi connectivity index (χ1) is 8.69. The summed E-state index contributed by atoms with van der Waals surface area (Å²) in [5.41, 5.74) is 5.58. The Morgan fingerprint density at radius 1 is 1.42 bits per heavy atom. The fraction of sp³-hybridized carbons (Fsp3) is 0.929. The van der Waals surface area contributed by atoms with E-state index in [0.29, 0.717) is 25.6 Å². The largest absolute Gasteiger partial charge is 0.444 e. The van der Waals surface area contributed by atoms with Crippen molar-refractivity contribution >= 4 is 6.09 Å². The Hall–Kier alpha value is -0.810. The van der Waals surface area contributed by atoms with Crippen molar-refractivity contribution in [1.82, 2.24) is 4.90 Å². The third kappa shape index (κ3) is 5.78. The average molecular weight is 272 g/mol. The second-order valence-electron chi connectivity index (χ2n) is 6.64. The molecule has 1 saturated heterocycles. The molecule has 0 spiro atoms. The van der Waals surface area contributed by atoms with Crippen LogP contribution in [0, 0.1) is 5.92 Å². The van der Waals surface area contributed by atoms with Crippen LogP contribution in [0.1, 0.15) is 41.0 Å². The summed E-state index contributed by atoms with van der Waals surface area (Å²) in [6, 6.07) is -0.00237. The molecule has 112 valence electrons. The number of nitrogens with two attached hydrogens (primary N) is 1. The molecule has 0 aromatic carbocycles. The van der Waals surface area contributed by atoms with E-state index < -0.39 is 5.60 Å². The van der Waals surface area contributed by atoms with Crippen LogP contribution in [0.2, 0.25) is 0 Å². The molecular weight excluding hydrogens is 244 g/mol. The molecule has 0 unspecified atom stereocenters. The number of carbonyl (C=O) groups excluding carboxylic acids is 1. The summed E-state index contributed by atoms with van der Waals surface area (Å²) in [4.78, 5) is 13.7. The number of likely N-dealkylation sites (tertiary alicyclic amines) is 1. The van der Waals surface area contributed by atoms with Gasteiger partial charge in [-0.15, -0.1) is 0 Å². The Bertz CT molecular complexity index is 300. The first-order valence-corrected chi connectivity index (χ1v) is 7.04. The van der Waals surface area contributed by atoms with Crippen LogP contribution >= 0.6 is 0 Å². The number of nitrogens with zero attached hydrogens (tertiary/aromatic N) is 1. The molecule has 1 aliphatic heterocycles. The van der Waals surface area contributed by atoms with Gasteiger partial charge < -0.3 is 20.1 Å². The van der Waals surface area contributed by atoms with Crippen LogP contribution in [-0.2, 0) is 9.47 Å². The highest BCUT2D eigenvalue weighted by Gasteiger charge is 2.32. The van der Waals surface area contributed by atoms with Gasteiger partial charge in [0.1, 0.15) is 5.60 Å². The van der Waals surface area contributed by atoms with Crippen LogP contribution in [0.3, 0.4) is 0 Å². The number of hydrogen-bond acceptors (Lipinski definition) is 4. The lowest BCUT2D eigenvalue weighted by molar-refractivity contribution is -0.0348. The van der Waals surface area contributed by atoms with Crippen LogP contribution < -0.4 is 5.73 Å². The molecule has 0 aromatic rings. The van der Waals surface area contributed by atoms with E-state index in [2.05, 4.69) is 13.8 Å². The van der Waals surface area contributed by atoms with E-state index in [4.69, 9.17) is 15.2 Å². The Labute approximate surface area is 116 Å². The monoisotopic (exact) mass is 272 g/mol. The van der Waals surface area contributed by atoms with Crippen molar-refractivity contribution in [2.75, 3.05) is 19.7 Å². The molecule has 19 heavy (non-hydrogen) atoms. The molecule has 1 fully saturated rings. The molecule has 0 aliphatic carbocycles. The minimum absolute atomic E-state index is 0.00237. The average Bonchev–Trinajstić information content (AvgIpc) is 2.25. The number of amides is 1. The van der Waals surface area contributed by atoms with Gasteiger partial charge in [-0.05, 0) is 33.1 Å². The predicted molar refractivity (Wildman–Crippen MR) is 75.0 cm³/mol. The van der Waals surface area contributed by atoms with Gasteiger partial charge in [0, 0.05) is 19.2 Å². The summed E-state index contributed by atoms with van der Waals surface area (Å²) in [6.07, 6.45) is 0.378. The maximum atomic E-state index is 12.0. The SMILES string of the molecule is CC(C)CO[C@H]1CN(C(=O)OC(C)(C)C)CC[C@H]1N. The van der Waals surface area contributed by atoms with Gasteiger partial charge in [-0.2, -0.15) is 0 Å². The third-order valence-electron chi connectivity index (χ3n) is 2.91. The Morgan fingerprint density at radius 3 is 2.58 bits per heavy atom. The zero-order valence-corrected chi connectivity index (χ0v) is 12.8. The molecule has 2 atom stereocenters. The number of hydrogen-bond donors (Lipinski definition) is 1. The maximum absolute atomic E-state index is 12.0. The van der Waals surface area contributed by atoms with Gasteiger partial charge in [-0.25, -0.2) is 4.79 Å². The van der Waals surface area contributed by atoms with Gasteiger partial charge in [-0.3, -0.25) is 0 Å². The fourth-order valence-corrected chi connectivity index (χ4v) is 1.92. The molecule has 2 N–H and O–H groups in total. The molecule has 5 heteroatoms. The smallest absolute Gasteiger partial charge is 0.410 e. The molecule has 0 saturated carbocycles. The Kier molecular flexibility index (Phi) is 5.62. The maximum Gasteiger partial charge on any atom is 0.410 e. The first kappa shape index (κ1) is 16.2. The lowest BCUT2D eigenvalue weighted by Gasteiger charge is -2.37. The number of carbonyl (C=O) groups is 1. The highest BCUT2D eigenvalue weighted by molar-refractivity contribution is 5.68. The molecule has 0 radical (unpaired) electrons. The number of piperidine rings is 1. The van der Waals surface area contributed by atoms with Crippen molar-refractivity contribution < 1.29 is 14.3 Å². The summed E-state index contributed by atoms with van der Waals surface area (Å²) in [7, 11) is 0. The Morgan fingerprint density at radius 2 is 2.05 bits per heavy atom. The van der Waals surface area contributed by atoms with E-state index in [-0.39, 0.29) is 18.2 Å². The van der Waals surface area contributed by atoms with E-state index in [1.807, 2.05) is 20.8 Å². The molecule has 1 rings (SSSR count). The van der Waals surface area contributed by atoms with Gasteiger partial charge in [0.05, 0.1) is 12.6 Å². The highest BCUT2D eigenvalue weighted by Crippen LogP contribution is 2.17. The van der Waals surface area contributed by atoms with Crippen molar-refractivity contribution in [2.24, 2.45) is 11.7 Å². The van der Waals surface area contributed by atoms with E-state index in [0.717, 1.165) is 6.42 Å². The summed E-state index contributed by atoms with van der Waals surface area (Å²) in [5.74, 6) is 0.462. The summed E-state index contributed by atoms with van der Waals surface area (Å²) < 4.78 is 11.2. The molecule has 0 bridgehead atoms. The topological polar surface area (TPSA) is 64.8 Å². The van der Waals surface area contributed by atoms with Crippen molar-refractivity contribution in [3.8, 4) is 0 Å². The van der Waals surface area contributed by atoms with Crippen LogP contribution in [0.4, 0.5) is 4.79 Å². The number of rotatable bonds is 3. The third-order valence-corrected chi connectivity index (χ3v) is 2.91. The first-order valence-electron chi connectivity index (χ1n) is 7.04. The lowest BCUT2D eigenvalue weighted by atomic mass is 10.0. The summed E-state index contributed by atoms with van der Waals surface area (Å²) in [6.45, 7) is 11.6. The summed E-state index contributed by atoms with van der Waals surface area (Å²) in [5, 5.41) is 0. The lowest BCUT2D eigenvalue weighted by Crippen LogP contribution is -2.54. The fourth-order valence-electron chi connectivity index (χ4n) is 1.92. The second-order valence-corrected chi connectivity index (χ2v) is 6.64. The molecule has 1 heterocycles. The van der Waals surface area contributed by atoms with Crippen molar-refractivity contribution in [3.05, 3.63) is 0 Å². The van der Waals surface area contributed by atoms with Crippen LogP contribution in [-0.4, -0.2) is 48.4 Å². The van der Waals surface area contributed by atoms with Gasteiger partial charge in [0.15, 0.2) is 0 Å². The normalized spacial score (nSPS) is 24.7. The second kappa shape index (κ2) is 6.57. The van der Waals surface area contributed by atoms with Gasteiger partial charge in [0.2, 0.25) is 0 Å². The van der Waals surface area contributed by atoms with E-state index >= 15 is 0 Å².